The van der Waals surface area contributed by atoms with E-state index in [9.17, 15) is 0 Å². The highest BCUT2D eigenvalue weighted by Crippen LogP contribution is 2.47. The van der Waals surface area contributed by atoms with E-state index in [4.69, 9.17) is 4.42 Å². The molecule has 2 atom stereocenters. The fourth-order valence-corrected chi connectivity index (χ4v) is 3.13. The van der Waals surface area contributed by atoms with Gasteiger partial charge in [-0.3, -0.25) is 0 Å². The number of hydrogen-bond donors (Lipinski definition) is 0. The summed E-state index contributed by atoms with van der Waals surface area (Å²) < 4.78 is 5.55. The monoisotopic (exact) mass is 206 g/mol. The van der Waals surface area contributed by atoms with Crippen molar-refractivity contribution in [2.24, 2.45) is 11.3 Å². The van der Waals surface area contributed by atoms with Crippen molar-refractivity contribution in [2.45, 2.75) is 52.9 Å². The van der Waals surface area contributed by atoms with Gasteiger partial charge in [0.15, 0.2) is 0 Å². The number of rotatable bonds is 1. The van der Waals surface area contributed by atoms with Gasteiger partial charge in [-0.25, -0.2) is 0 Å². The molecule has 1 nitrogen and oxygen atoms in total. The highest BCUT2D eigenvalue weighted by molar-refractivity contribution is 5.26. The van der Waals surface area contributed by atoms with Crippen molar-refractivity contribution >= 4 is 0 Å². The maximum atomic E-state index is 5.55. The molecule has 2 unspecified atom stereocenters. The smallest absolute Gasteiger partial charge is 0.107 e. The molecule has 1 aromatic rings. The normalized spacial score (nSPS) is 26.4. The molecule has 2 rings (SSSR count). The molecule has 1 heterocycles. The van der Waals surface area contributed by atoms with Gasteiger partial charge in [-0.2, -0.15) is 0 Å². The van der Waals surface area contributed by atoms with Gasteiger partial charge in [-0.05, 0) is 41.7 Å². The van der Waals surface area contributed by atoms with E-state index >= 15 is 0 Å². The average Bonchev–Trinajstić information content (AvgIpc) is 2.61. The molecule has 0 saturated carbocycles. The quantitative estimate of drug-likeness (QED) is 0.664. The summed E-state index contributed by atoms with van der Waals surface area (Å²) in [5.74, 6) is 2.74. The molecule has 0 saturated heterocycles. The van der Waals surface area contributed by atoms with Crippen LogP contribution in [0.1, 0.15) is 57.8 Å². The molecular formula is C14H22O. The van der Waals surface area contributed by atoms with E-state index in [0.717, 1.165) is 12.3 Å². The van der Waals surface area contributed by atoms with E-state index in [1.807, 2.05) is 6.26 Å². The second kappa shape index (κ2) is 3.70. The maximum Gasteiger partial charge on any atom is 0.107 e. The van der Waals surface area contributed by atoms with Crippen molar-refractivity contribution in [3.63, 3.8) is 0 Å². The second-order valence-electron chi connectivity index (χ2n) is 5.83. The SMILES string of the molecule is CCC1c2ccoc2CCC1C(C)(C)C. The van der Waals surface area contributed by atoms with Gasteiger partial charge >= 0.3 is 0 Å². The first-order chi connectivity index (χ1) is 7.04. The van der Waals surface area contributed by atoms with Crippen LogP contribution in [0, 0.1) is 11.3 Å². The summed E-state index contributed by atoms with van der Waals surface area (Å²) in [6.07, 6.45) is 5.50. The van der Waals surface area contributed by atoms with Crippen LogP contribution in [-0.4, -0.2) is 0 Å². The summed E-state index contributed by atoms with van der Waals surface area (Å²) in [4.78, 5) is 0. The lowest BCUT2D eigenvalue weighted by molar-refractivity contribution is 0.168. The first-order valence-corrected chi connectivity index (χ1v) is 6.10. The molecule has 1 heteroatoms. The minimum Gasteiger partial charge on any atom is -0.469 e. The Hall–Kier alpha value is -0.720. The Labute approximate surface area is 92.9 Å². The Morgan fingerprint density at radius 2 is 2.13 bits per heavy atom. The zero-order chi connectivity index (χ0) is 11.1. The molecule has 0 N–H and O–H groups in total. The van der Waals surface area contributed by atoms with Gasteiger partial charge in [-0.15, -0.1) is 0 Å². The number of fused-ring (bicyclic) bond motifs is 1. The first kappa shape index (κ1) is 10.8. The van der Waals surface area contributed by atoms with Gasteiger partial charge in [-0.1, -0.05) is 27.7 Å². The van der Waals surface area contributed by atoms with Crippen molar-refractivity contribution in [1.29, 1.82) is 0 Å². The van der Waals surface area contributed by atoms with E-state index < -0.39 is 0 Å². The second-order valence-corrected chi connectivity index (χ2v) is 5.83. The number of aryl methyl sites for hydroxylation is 1. The summed E-state index contributed by atoms with van der Waals surface area (Å²) in [6, 6.07) is 2.18. The Morgan fingerprint density at radius 1 is 1.40 bits per heavy atom. The van der Waals surface area contributed by atoms with E-state index in [1.165, 1.54) is 24.2 Å². The minimum atomic E-state index is 0.412. The summed E-state index contributed by atoms with van der Waals surface area (Å²) in [6.45, 7) is 9.40. The Balaban J connectivity index is 2.33. The van der Waals surface area contributed by atoms with Gasteiger partial charge in [0.1, 0.15) is 5.76 Å². The van der Waals surface area contributed by atoms with Gasteiger partial charge in [0.25, 0.3) is 0 Å². The topological polar surface area (TPSA) is 13.1 Å². The van der Waals surface area contributed by atoms with Crippen LogP contribution in [-0.2, 0) is 6.42 Å². The molecule has 1 aliphatic rings. The van der Waals surface area contributed by atoms with Crippen LogP contribution in [0.25, 0.3) is 0 Å². The van der Waals surface area contributed by atoms with Crippen molar-refractivity contribution in [2.75, 3.05) is 0 Å². The third kappa shape index (κ3) is 1.84. The highest BCUT2D eigenvalue weighted by atomic mass is 16.3. The van der Waals surface area contributed by atoms with E-state index in [1.54, 1.807) is 0 Å². The maximum absolute atomic E-state index is 5.55. The van der Waals surface area contributed by atoms with Gasteiger partial charge in [0, 0.05) is 6.42 Å². The first-order valence-electron chi connectivity index (χ1n) is 6.10. The Kier molecular flexibility index (Phi) is 2.66. The molecule has 15 heavy (non-hydrogen) atoms. The van der Waals surface area contributed by atoms with Crippen LogP contribution in [0.15, 0.2) is 16.7 Å². The summed E-state index contributed by atoms with van der Waals surface area (Å²) >= 11 is 0. The zero-order valence-electron chi connectivity index (χ0n) is 10.3. The number of hydrogen-bond acceptors (Lipinski definition) is 1. The van der Waals surface area contributed by atoms with Crippen molar-refractivity contribution in [3.05, 3.63) is 23.7 Å². The Morgan fingerprint density at radius 3 is 2.73 bits per heavy atom. The van der Waals surface area contributed by atoms with Crippen molar-refractivity contribution < 1.29 is 4.42 Å². The molecule has 1 aromatic heterocycles. The Bertz CT molecular complexity index is 329. The lowest BCUT2D eigenvalue weighted by atomic mass is 9.65. The molecule has 0 amide bonds. The van der Waals surface area contributed by atoms with Crippen LogP contribution in [0.2, 0.25) is 0 Å². The third-order valence-electron chi connectivity index (χ3n) is 3.90. The molecule has 0 aliphatic heterocycles. The molecule has 0 spiro atoms. The molecule has 0 aromatic carbocycles. The summed E-state index contributed by atoms with van der Waals surface area (Å²) in [5.41, 5.74) is 1.89. The molecule has 1 aliphatic carbocycles. The van der Waals surface area contributed by atoms with Crippen LogP contribution >= 0.6 is 0 Å². The standard InChI is InChI=1S/C14H22O/c1-5-10-11-8-9-15-13(11)7-6-12(10)14(2,3)4/h8-10,12H,5-7H2,1-4H3. The van der Waals surface area contributed by atoms with Crippen LogP contribution in [0.4, 0.5) is 0 Å². The van der Waals surface area contributed by atoms with E-state index in [2.05, 4.69) is 33.8 Å². The van der Waals surface area contributed by atoms with Gasteiger partial charge in [0.05, 0.1) is 6.26 Å². The van der Waals surface area contributed by atoms with Crippen molar-refractivity contribution in [3.8, 4) is 0 Å². The number of furan rings is 1. The largest absolute Gasteiger partial charge is 0.469 e. The molecule has 0 bridgehead atoms. The van der Waals surface area contributed by atoms with Crippen LogP contribution in [0.3, 0.4) is 0 Å². The fraction of sp³-hybridized carbons (Fsp3) is 0.714. The third-order valence-corrected chi connectivity index (χ3v) is 3.90. The van der Waals surface area contributed by atoms with E-state index in [-0.39, 0.29) is 0 Å². The highest BCUT2D eigenvalue weighted by Gasteiger charge is 2.36. The van der Waals surface area contributed by atoms with Crippen molar-refractivity contribution in [1.82, 2.24) is 0 Å². The molecular weight excluding hydrogens is 184 g/mol. The fourth-order valence-electron chi connectivity index (χ4n) is 3.13. The molecule has 0 fully saturated rings. The predicted octanol–water partition coefficient (Wildman–Crippen LogP) is 4.38. The predicted molar refractivity (Wildman–Crippen MR) is 63.0 cm³/mol. The van der Waals surface area contributed by atoms with E-state index in [0.29, 0.717) is 11.3 Å². The minimum absolute atomic E-state index is 0.412. The summed E-state index contributed by atoms with van der Waals surface area (Å²) in [7, 11) is 0. The van der Waals surface area contributed by atoms with Crippen LogP contribution in [0.5, 0.6) is 0 Å². The molecule has 84 valence electrons. The van der Waals surface area contributed by atoms with Gasteiger partial charge in [0.2, 0.25) is 0 Å². The lowest BCUT2D eigenvalue weighted by Gasteiger charge is -2.39. The summed E-state index contributed by atoms with van der Waals surface area (Å²) in [5, 5.41) is 0. The zero-order valence-corrected chi connectivity index (χ0v) is 10.3. The average molecular weight is 206 g/mol. The van der Waals surface area contributed by atoms with Crippen LogP contribution < -0.4 is 0 Å². The molecule has 0 radical (unpaired) electrons. The lowest BCUT2D eigenvalue weighted by Crippen LogP contribution is -2.30. The van der Waals surface area contributed by atoms with Gasteiger partial charge < -0.3 is 4.42 Å².